The van der Waals surface area contributed by atoms with E-state index < -0.39 is 5.60 Å². The Hall–Kier alpha value is -1.55. The van der Waals surface area contributed by atoms with Crippen LogP contribution in [-0.2, 0) is 16.0 Å². The molecule has 0 unspecified atom stereocenters. The first-order valence-electron chi connectivity index (χ1n) is 7.93. The van der Waals surface area contributed by atoms with Crippen LogP contribution >= 0.6 is 0 Å². The highest BCUT2D eigenvalue weighted by Gasteiger charge is 2.33. The Morgan fingerprint density at radius 2 is 1.77 bits per heavy atom. The molecule has 4 nitrogen and oxygen atoms in total. The van der Waals surface area contributed by atoms with Crippen LogP contribution in [0.2, 0.25) is 0 Å². The monoisotopic (exact) mass is 305 g/mol. The fourth-order valence-electron chi connectivity index (χ4n) is 2.90. The van der Waals surface area contributed by atoms with Crippen molar-refractivity contribution in [3.05, 3.63) is 29.8 Å². The summed E-state index contributed by atoms with van der Waals surface area (Å²) in [5.41, 5.74) is 0.616. The zero-order chi connectivity index (χ0) is 16.2. The van der Waals surface area contributed by atoms with Gasteiger partial charge in [-0.1, -0.05) is 12.1 Å². The summed E-state index contributed by atoms with van der Waals surface area (Å²) in [6, 6.07) is 8.28. The van der Waals surface area contributed by atoms with E-state index in [1.807, 2.05) is 30.9 Å². The van der Waals surface area contributed by atoms with Crippen molar-refractivity contribution in [1.82, 2.24) is 4.90 Å². The molecule has 0 atom stereocenters. The van der Waals surface area contributed by atoms with E-state index in [1.165, 1.54) is 5.56 Å². The van der Waals surface area contributed by atoms with Gasteiger partial charge in [0.15, 0.2) is 0 Å². The molecule has 0 aromatic heterocycles. The molecule has 1 amide bonds. The molecule has 0 N–H and O–H groups in total. The van der Waals surface area contributed by atoms with E-state index in [9.17, 15) is 4.79 Å². The largest absolute Gasteiger partial charge is 0.497 e. The molecular weight excluding hydrogens is 278 g/mol. The lowest BCUT2D eigenvalue weighted by Gasteiger charge is -2.36. The Morgan fingerprint density at radius 3 is 2.27 bits per heavy atom. The summed E-state index contributed by atoms with van der Waals surface area (Å²) >= 11 is 0. The first-order valence-corrected chi connectivity index (χ1v) is 7.93. The molecular formula is C18H27NO3. The minimum atomic E-state index is -0.719. The van der Waals surface area contributed by atoms with Crippen molar-refractivity contribution in [2.24, 2.45) is 5.92 Å². The smallest absolute Gasteiger partial charge is 0.254 e. The van der Waals surface area contributed by atoms with Crippen LogP contribution in [0.5, 0.6) is 5.75 Å². The maximum absolute atomic E-state index is 12.4. The third-order valence-electron chi connectivity index (χ3n) is 4.61. The molecule has 0 aliphatic carbocycles. The number of likely N-dealkylation sites (tertiary alicyclic amines) is 1. The molecule has 22 heavy (non-hydrogen) atoms. The van der Waals surface area contributed by atoms with Gasteiger partial charge in [-0.05, 0) is 56.7 Å². The van der Waals surface area contributed by atoms with Crippen LogP contribution in [-0.4, -0.2) is 43.7 Å². The lowest BCUT2D eigenvalue weighted by Crippen LogP contribution is -2.49. The SMILES string of the molecule is COc1ccc(CC2CCN(C(=O)C(C)(C)OC)CC2)cc1. The summed E-state index contributed by atoms with van der Waals surface area (Å²) in [7, 11) is 3.28. The molecule has 1 aromatic rings. The number of nitrogens with zero attached hydrogens (tertiary/aromatic N) is 1. The summed E-state index contributed by atoms with van der Waals surface area (Å²) < 4.78 is 10.5. The number of benzene rings is 1. The van der Waals surface area contributed by atoms with Crippen molar-refractivity contribution in [2.75, 3.05) is 27.3 Å². The van der Waals surface area contributed by atoms with E-state index in [1.54, 1.807) is 14.2 Å². The predicted octanol–water partition coefficient (Wildman–Crippen LogP) is 2.90. The molecule has 0 bridgehead atoms. The number of hydrogen-bond donors (Lipinski definition) is 0. The minimum absolute atomic E-state index is 0.0953. The van der Waals surface area contributed by atoms with Gasteiger partial charge in [-0.2, -0.15) is 0 Å². The number of piperidine rings is 1. The quantitative estimate of drug-likeness (QED) is 0.839. The van der Waals surface area contributed by atoms with Gasteiger partial charge >= 0.3 is 0 Å². The Kier molecular flexibility index (Phi) is 5.46. The Labute approximate surface area is 133 Å². The van der Waals surface area contributed by atoms with E-state index >= 15 is 0 Å². The fraction of sp³-hybridized carbons (Fsp3) is 0.611. The second kappa shape index (κ2) is 7.14. The highest BCUT2D eigenvalue weighted by molar-refractivity contribution is 5.84. The van der Waals surface area contributed by atoms with E-state index in [0.717, 1.165) is 38.1 Å². The van der Waals surface area contributed by atoms with Gasteiger partial charge in [-0.15, -0.1) is 0 Å². The molecule has 0 spiro atoms. The molecule has 122 valence electrons. The van der Waals surface area contributed by atoms with Gasteiger partial charge < -0.3 is 14.4 Å². The van der Waals surface area contributed by atoms with Crippen molar-refractivity contribution in [3.8, 4) is 5.75 Å². The van der Waals surface area contributed by atoms with Crippen molar-refractivity contribution in [2.45, 2.75) is 38.7 Å². The van der Waals surface area contributed by atoms with Gasteiger partial charge in [-0.3, -0.25) is 4.79 Å². The van der Waals surface area contributed by atoms with Gasteiger partial charge in [0.1, 0.15) is 11.4 Å². The number of carbonyl (C=O) groups is 1. The zero-order valence-corrected chi connectivity index (χ0v) is 14.1. The van der Waals surface area contributed by atoms with Crippen LogP contribution in [0.15, 0.2) is 24.3 Å². The third-order valence-corrected chi connectivity index (χ3v) is 4.61. The average molecular weight is 305 g/mol. The predicted molar refractivity (Wildman–Crippen MR) is 87.1 cm³/mol. The van der Waals surface area contributed by atoms with E-state index in [4.69, 9.17) is 9.47 Å². The number of rotatable bonds is 5. The number of carbonyl (C=O) groups excluding carboxylic acids is 1. The third kappa shape index (κ3) is 4.01. The maximum atomic E-state index is 12.4. The van der Waals surface area contributed by atoms with Crippen LogP contribution in [0, 0.1) is 5.92 Å². The van der Waals surface area contributed by atoms with E-state index in [0.29, 0.717) is 5.92 Å². The summed E-state index contributed by atoms with van der Waals surface area (Å²) in [5.74, 6) is 1.63. The van der Waals surface area contributed by atoms with Crippen LogP contribution in [0.25, 0.3) is 0 Å². The summed E-state index contributed by atoms with van der Waals surface area (Å²) in [4.78, 5) is 14.3. The lowest BCUT2D eigenvalue weighted by atomic mass is 9.89. The number of methoxy groups -OCH3 is 2. The van der Waals surface area contributed by atoms with Crippen LogP contribution in [0.3, 0.4) is 0 Å². The van der Waals surface area contributed by atoms with Crippen molar-refractivity contribution < 1.29 is 14.3 Å². The molecule has 0 radical (unpaired) electrons. The second-order valence-corrected chi connectivity index (χ2v) is 6.50. The van der Waals surface area contributed by atoms with Crippen LogP contribution < -0.4 is 4.74 Å². The first-order chi connectivity index (χ1) is 10.5. The molecule has 1 heterocycles. The highest BCUT2D eigenvalue weighted by Crippen LogP contribution is 2.25. The number of ether oxygens (including phenoxy) is 2. The standard InChI is InChI=1S/C18H27NO3/c1-18(2,22-4)17(20)19-11-9-15(10-12-19)13-14-5-7-16(21-3)8-6-14/h5-8,15H,9-13H2,1-4H3. The Balaban J connectivity index is 1.85. The summed E-state index contributed by atoms with van der Waals surface area (Å²) in [6.07, 6.45) is 3.18. The normalized spacial score (nSPS) is 16.6. The Bertz CT molecular complexity index is 488. The van der Waals surface area contributed by atoms with E-state index in [-0.39, 0.29) is 5.91 Å². The molecule has 1 aliphatic rings. The fourth-order valence-corrected chi connectivity index (χ4v) is 2.90. The Morgan fingerprint density at radius 1 is 1.18 bits per heavy atom. The first kappa shape index (κ1) is 16.8. The molecule has 4 heteroatoms. The summed E-state index contributed by atoms with van der Waals surface area (Å²) in [6.45, 7) is 5.32. The maximum Gasteiger partial charge on any atom is 0.254 e. The van der Waals surface area contributed by atoms with Gasteiger partial charge in [0.2, 0.25) is 0 Å². The van der Waals surface area contributed by atoms with Crippen molar-refractivity contribution in [1.29, 1.82) is 0 Å². The van der Waals surface area contributed by atoms with E-state index in [2.05, 4.69) is 12.1 Å². The molecule has 1 aromatic carbocycles. The van der Waals surface area contributed by atoms with Gasteiger partial charge in [0, 0.05) is 20.2 Å². The topological polar surface area (TPSA) is 38.8 Å². The molecule has 1 fully saturated rings. The average Bonchev–Trinajstić information content (AvgIpc) is 2.55. The lowest BCUT2D eigenvalue weighted by molar-refractivity contribution is -0.152. The van der Waals surface area contributed by atoms with Crippen LogP contribution in [0.4, 0.5) is 0 Å². The molecule has 1 aliphatic heterocycles. The van der Waals surface area contributed by atoms with Crippen LogP contribution in [0.1, 0.15) is 32.3 Å². The summed E-state index contributed by atoms with van der Waals surface area (Å²) in [5, 5.41) is 0. The number of amides is 1. The molecule has 2 rings (SSSR count). The van der Waals surface area contributed by atoms with Crippen molar-refractivity contribution in [3.63, 3.8) is 0 Å². The minimum Gasteiger partial charge on any atom is -0.497 e. The highest BCUT2D eigenvalue weighted by atomic mass is 16.5. The zero-order valence-electron chi connectivity index (χ0n) is 14.1. The number of hydrogen-bond acceptors (Lipinski definition) is 3. The van der Waals surface area contributed by atoms with Gasteiger partial charge in [0.25, 0.3) is 5.91 Å². The molecule has 0 saturated carbocycles. The van der Waals surface area contributed by atoms with Gasteiger partial charge in [-0.25, -0.2) is 0 Å². The molecule has 1 saturated heterocycles. The van der Waals surface area contributed by atoms with Crippen molar-refractivity contribution >= 4 is 5.91 Å². The second-order valence-electron chi connectivity index (χ2n) is 6.50. The van der Waals surface area contributed by atoms with Gasteiger partial charge in [0.05, 0.1) is 7.11 Å².